The number of carboxylic acids is 5. The number of aliphatic carboxylic acids is 5. The number of nitrogens with two attached hydrogens (primary N) is 1. The Morgan fingerprint density at radius 1 is 0.774 bits per heavy atom. The van der Waals surface area contributed by atoms with Crippen LogP contribution in [0.4, 0.5) is 0 Å². The molecule has 0 heterocycles. The van der Waals surface area contributed by atoms with E-state index < -0.39 is 73.8 Å². The van der Waals surface area contributed by atoms with E-state index in [4.69, 9.17) is 5.73 Å². The standard InChI is InChI=1S/C14H23N3O10.Ca.3Na/c15-1-2-16-8(3-9(18)19)14(4-10(20)21,5-11(22)23)17(6-12(24)25)7-13(26)27;;;;/h8,16H,1-7,15H2,(H,18,19)(H,20,21)(H,22,23)(H,24,25)(H,26,27);;;;/q;+2;3*+1/p-5. The minimum absolute atomic E-state index is 0. The van der Waals surface area contributed by atoms with E-state index in [0.29, 0.717) is 4.90 Å². The second-order valence-corrected chi connectivity index (χ2v) is 5.67. The molecule has 13 nitrogen and oxygen atoms in total. The smallest absolute Gasteiger partial charge is 0.550 e. The van der Waals surface area contributed by atoms with E-state index in [1.54, 1.807) is 0 Å². The minimum Gasteiger partial charge on any atom is -0.550 e. The number of rotatable bonds is 15. The fourth-order valence-electron chi connectivity index (χ4n) is 2.81. The van der Waals surface area contributed by atoms with E-state index in [0.717, 1.165) is 0 Å². The molecule has 0 amide bonds. The van der Waals surface area contributed by atoms with Crippen LogP contribution in [0.2, 0.25) is 0 Å². The minimum atomic E-state index is -2.40. The summed E-state index contributed by atoms with van der Waals surface area (Å²) in [6.07, 6.45) is -3.47. The normalized spacial score (nSPS) is 10.9. The molecular formula is C14H18CaN3Na3O10. The summed E-state index contributed by atoms with van der Waals surface area (Å²) in [7, 11) is 0. The van der Waals surface area contributed by atoms with Crippen LogP contribution in [0.1, 0.15) is 19.3 Å². The van der Waals surface area contributed by atoms with Crippen LogP contribution in [0.15, 0.2) is 0 Å². The molecule has 31 heavy (non-hydrogen) atoms. The number of nitrogens with zero attached hydrogens (tertiary/aromatic N) is 1. The predicted molar refractivity (Wildman–Crippen MR) is 79.8 cm³/mol. The van der Waals surface area contributed by atoms with Crippen molar-refractivity contribution < 1.29 is 138 Å². The molecule has 0 saturated carbocycles. The van der Waals surface area contributed by atoms with E-state index in [1.165, 1.54) is 0 Å². The van der Waals surface area contributed by atoms with Crippen LogP contribution in [-0.4, -0.2) is 110 Å². The molecule has 0 aromatic carbocycles. The van der Waals surface area contributed by atoms with Crippen molar-refractivity contribution in [3.63, 3.8) is 0 Å². The molecule has 0 aromatic rings. The van der Waals surface area contributed by atoms with Gasteiger partial charge in [0.05, 0.1) is 11.9 Å². The van der Waals surface area contributed by atoms with Crippen LogP contribution in [0.5, 0.6) is 0 Å². The monoisotopic (exact) mass is 497 g/mol. The van der Waals surface area contributed by atoms with Crippen LogP contribution in [0, 0.1) is 0 Å². The van der Waals surface area contributed by atoms with Gasteiger partial charge in [-0.05, 0) is 0 Å². The average molecular weight is 497 g/mol. The first kappa shape index (κ1) is 42.6. The summed E-state index contributed by atoms with van der Waals surface area (Å²) in [4.78, 5) is 56.0. The van der Waals surface area contributed by atoms with Crippen LogP contribution in [0.25, 0.3) is 0 Å². The molecule has 3 N–H and O–H groups in total. The summed E-state index contributed by atoms with van der Waals surface area (Å²) in [5, 5.41) is 58.1. The van der Waals surface area contributed by atoms with Crippen molar-refractivity contribution in [1.29, 1.82) is 0 Å². The van der Waals surface area contributed by atoms with Crippen LogP contribution in [-0.2, 0) is 24.0 Å². The van der Waals surface area contributed by atoms with Gasteiger partial charge in [-0.25, -0.2) is 0 Å². The Morgan fingerprint density at radius 3 is 1.42 bits per heavy atom. The number of hydrogen-bond donors (Lipinski definition) is 2. The molecule has 17 heteroatoms. The molecule has 154 valence electrons. The Labute approximate surface area is 274 Å². The van der Waals surface area contributed by atoms with Crippen molar-refractivity contribution in [2.75, 3.05) is 26.2 Å². The molecule has 0 bridgehead atoms. The third-order valence-electron chi connectivity index (χ3n) is 3.73. The fraction of sp³-hybridized carbons (Fsp3) is 0.643. The molecule has 0 saturated heterocycles. The second-order valence-electron chi connectivity index (χ2n) is 5.67. The van der Waals surface area contributed by atoms with Gasteiger partial charge in [0.15, 0.2) is 0 Å². The summed E-state index contributed by atoms with van der Waals surface area (Å²) in [5.41, 5.74) is 2.89. The van der Waals surface area contributed by atoms with Gasteiger partial charge in [0, 0.05) is 74.9 Å². The SMILES string of the molecule is NCCNC(CC(=O)[O-])C(CC(=O)[O-])(CC(=O)[O-])N(CC(=O)[O-])CC(=O)[O-].[Ca+2].[Na+].[Na+].[Na+]. The molecule has 0 aliphatic rings. The summed E-state index contributed by atoms with van der Waals surface area (Å²) < 4.78 is 0. The first-order chi connectivity index (χ1) is 12.4. The molecule has 0 aliphatic carbocycles. The molecule has 0 fully saturated rings. The largest absolute Gasteiger partial charge is 2.00 e. The van der Waals surface area contributed by atoms with Crippen molar-refractivity contribution >= 4 is 67.6 Å². The Morgan fingerprint density at radius 2 is 1.16 bits per heavy atom. The van der Waals surface area contributed by atoms with Crippen molar-refractivity contribution in [2.24, 2.45) is 5.73 Å². The van der Waals surface area contributed by atoms with E-state index in [-0.39, 0.29) is 139 Å². The molecule has 1 unspecified atom stereocenters. The quantitative estimate of drug-likeness (QED) is 0.200. The first-order valence-corrected chi connectivity index (χ1v) is 7.62. The van der Waals surface area contributed by atoms with Crippen molar-refractivity contribution in [3.05, 3.63) is 0 Å². The zero-order chi connectivity index (χ0) is 21.2. The zero-order valence-electron chi connectivity index (χ0n) is 17.8. The molecule has 0 spiro atoms. The van der Waals surface area contributed by atoms with Gasteiger partial charge < -0.3 is 60.6 Å². The van der Waals surface area contributed by atoms with E-state index in [1.807, 2.05) is 0 Å². The summed E-state index contributed by atoms with van der Waals surface area (Å²) >= 11 is 0. The first-order valence-electron chi connectivity index (χ1n) is 7.62. The molecular weight excluding hydrogens is 479 g/mol. The Hall–Kier alpha value is 1.49. The van der Waals surface area contributed by atoms with Crippen LogP contribution >= 0.6 is 0 Å². The summed E-state index contributed by atoms with van der Waals surface area (Å²) in [6, 6.07) is -1.60. The maximum atomic E-state index is 11.2. The Balaban J connectivity index is -0.000000563. The maximum absolute atomic E-state index is 11.2. The van der Waals surface area contributed by atoms with Crippen molar-refractivity contribution in [2.45, 2.75) is 30.8 Å². The zero-order valence-corrected chi connectivity index (χ0v) is 26.0. The molecule has 0 aliphatic heterocycles. The third kappa shape index (κ3) is 17.6. The van der Waals surface area contributed by atoms with Gasteiger partial charge >= 0.3 is 126 Å². The van der Waals surface area contributed by atoms with Gasteiger partial charge in [-0.15, -0.1) is 0 Å². The number of carboxylic acid groups (broad SMARTS) is 5. The second kappa shape index (κ2) is 22.0. The number of hydrogen-bond acceptors (Lipinski definition) is 13. The maximum Gasteiger partial charge on any atom is 2.00 e. The van der Waals surface area contributed by atoms with Crippen LogP contribution < -0.4 is 125 Å². The number of carbonyl (C=O) groups is 5. The molecule has 0 radical (unpaired) electrons. The predicted octanol–water partition coefficient (Wildman–Crippen LogP) is -18.5. The van der Waals surface area contributed by atoms with Gasteiger partial charge in [0.2, 0.25) is 0 Å². The van der Waals surface area contributed by atoms with Crippen LogP contribution in [0.3, 0.4) is 0 Å². The van der Waals surface area contributed by atoms with E-state index in [2.05, 4.69) is 5.32 Å². The average Bonchev–Trinajstić information content (AvgIpc) is 2.47. The molecule has 1 atom stereocenters. The van der Waals surface area contributed by atoms with E-state index >= 15 is 0 Å². The Bertz CT molecular complexity index is 568. The summed E-state index contributed by atoms with van der Waals surface area (Å²) in [5.74, 6) is -9.27. The van der Waals surface area contributed by atoms with E-state index in [9.17, 15) is 49.5 Å². The Kier molecular flexibility index (Phi) is 30.2. The topological polar surface area (TPSA) is 242 Å². The van der Waals surface area contributed by atoms with Crippen molar-refractivity contribution in [1.82, 2.24) is 10.2 Å². The molecule has 0 rings (SSSR count). The van der Waals surface area contributed by atoms with Crippen molar-refractivity contribution in [3.8, 4) is 0 Å². The van der Waals surface area contributed by atoms with Gasteiger partial charge in [0.25, 0.3) is 0 Å². The third-order valence-corrected chi connectivity index (χ3v) is 3.73. The van der Waals surface area contributed by atoms with Gasteiger partial charge in [0.1, 0.15) is 0 Å². The molecule has 0 aromatic heterocycles. The van der Waals surface area contributed by atoms with Gasteiger partial charge in [-0.2, -0.15) is 0 Å². The van der Waals surface area contributed by atoms with Gasteiger partial charge in [-0.1, -0.05) is 0 Å². The number of carbonyl (C=O) groups excluding carboxylic acids is 5. The van der Waals surface area contributed by atoms with Gasteiger partial charge in [-0.3, -0.25) is 4.90 Å². The summed E-state index contributed by atoms with van der Waals surface area (Å²) in [6.45, 7) is -2.69. The fourth-order valence-corrected chi connectivity index (χ4v) is 2.81. The number of nitrogens with one attached hydrogen (secondary N) is 1.